The van der Waals surface area contributed by atoms with E-state index in [0.29, 0.717) is 5.88 Å². The van der Waals surface area contributed by atoms with Crippen molar-refractivity contribution in [2.75, 3.05) is 26.0 Å². The number of nitrogens with one attached hydrogen (secondary N) is 1. The summed E-state index contributed by atoms with van der Waals surface area (Å²) >= 11 is 0. The molecule has 2 rings (SSSR count). The molecule has 1 heterocycles. The van der Waals surface area contributed by atoms with Crippen LogP contribution in [0.15, 0.2) is 42.6 Å². The van der Waals surface area contributed by atoms with Gasteiger partial charge in [-0.3, -0.25) is 9.59 Å². The quantitative estimate of drug-likeness (QED) is 0.830. The predicted molar refractivity (Wildman–Crippen MR) is 89.5 cm³/mol. The lowest BCUT2D eigenvalue weighted by molar-refractivity contribution is -0.274. The molecule has 10 heteroatoms. The van der Waals surface area contributed by atoms with Crippen LogP contribution in [0, 0.1) is 0 Å². The van der Waals surface area contributed by atoms with Gasteiger partial charge in [-0.25, -0.2) is 4.98 Å². The van der Waals surface area contributed by atoms with Crippen molar-refractivity contribution in [1.82, 2.24) is 9.88 Å². The van der Waals surface area contributed by atoms with Gasteiger partial charge in [0.15, 0.2) is 0 Å². The fourth-order valence-corrected chi connectivity index (χ4v) is 2.08. The third kappa shape index (κ3) is 6.17. The Morgan fingerprint density at radius 2 is 1.81 bits per heavy atom. The number of alkyl halides is 3. The highest BCUT2D eigenvalue weighted by atomic mass is 19.4. The minimum absolute atomic E-state index is 0.258. The number of nitrogens with zero attached hydrogens (tertiary/aromatic N) is 2. The van der Waals surface area contributed by atoms with Crippen molar-refractivity contribution >= 4 is 17.5 Å². The Bertz CT molecular complexity index is 793. The van der Waals surface area contributed by atoms with Crippen LogP contribution in [-0.4, -0.2) is 48.8 Å². The number of hydrogen-bond donors (Lipinski definition) is 1. The average molecular weight is 383 g/mol. The van der Waals surface area contributed by atoms with Crippen molar-refractivity contribution in [3.63, 3.8) is 0 Å². The topological polar surface area (TPSA) is 80.8 Å². The summed E-state index contributed by atoms with van der Waals surface area (Å²) in [6.45, 7) is -0.258. The Balaban J connectivity index is 1.91. The number of hydrogen-bond acceptors (Lipinski definition) is 5. The van der Waals surface area contributed by atoms with Gasteiger partial charge in [-0.1, -0.05) is 0 Å². The molecule has 2 aromatic rings. The van der Waals surface area contributed by atoms with Gasteiger partial charge < -0.3 is 19.7 Å². The minimum atomic E-state index is -4.79. The van der Waals surface area contributed by atoms with Gasteiger partial charge in [-0.05, 0) is 30.3 Å². The van der Waals surface area contributed by atoms with Gasteiger partial charge in [-0.15, -0.1) is 13.2 Å². The third-order valence-electron chi connectivity index (χ3n) is 3.29. The second-order valence-corrected chi connectivity index (χ2v) is 5.37. The Hall–Kier alpha value is -3.30. The number of pyridine rings is 1. The van der Waals surface area contributed by atoms with Crippen LogP contribution in [0.2, 0.25) is 0 Å². The standard InChI is InChI=1S/C17H16F3N3O4/c1-23(16(25)11-3-8-15(26-2)21-9-11)10-14(24)22-12-4-6-13(7-5-12)27-17(18,19)20/h3-9H,10H2,1-2H3,(H,22,24). The number of benzene rings is 1. The highest BCUT2D eigenvalue weighted by molar-refractivity contribution is 5.99. The molecule has 0 saturated heterocycles. The fourth-order valence-electron chi connectivity index (χ4n) is 2.08. The third-order valence-corrected chi connectivity index (χ3v) is 3.29. The summed E-state index contributed by atoms with van der Waals surface area (Å²) in [5, 5.41) is 2.48. The van der Waals surface area contributed by atoms with Gasteiger partial charge in [0.1, 0.15) is 5.75 Å². The minimum Gasteiger partial charge on any atom is -0.481 e. The zero-order valence-electron chi connectivity index (χ0n) is 14.4. The van der Waals surface area contributed by atoms with Crippen LogP contribution in [0.3, 0.4) is 0 Å². The van der Waals surface area contributed by atoms with Crippen LogP contribution in [0.4, 0.5) is 18.9 Å². The molecule has 1 N–H and O–H groups in total. The van der Waals surface area contributed by atoms with Gasteiger partial charge >= 0.3 is 6.36 Å². The monoisotopic (exact) mass is 383 g/mol. The summed E-state index contributed by atoms with van der Waals surface area (Å²) in [5.74, 6) is -0.990. The normalized spacial score (nSPS) is 10.9. The molecule has 1 aromatic heterocycles. The van der Waals surface area contributed by atoms with Gasteiger partial charge in [0, 0.05) is 25.0 Å². The van der Waals surface area contributed by atoms with E-state index in [0.717, 1.165) is 12.1 Å². The predicted octanol–water partition coefficient (Wildman–Crippen LogP) is 2.70. The molecule has 0 spiro atoms. The van der Waals surface area contributed by atoms with Crippen LogP contribution in [0.25, 0.3) is 0 Å². The molecule has 7 nitrogen and oxygen atoms in total. The number of carbonyl (C=O) groups is 2. The molecule has 0 aliphatic carbocycles. The second kappa shape index (κ2) is 8.39. The van der Waals surface area contributed by atoms with E-state index in [9.17, 15) is 22.8 Å². The lowest BCUT2D eigenvalue weighted by Gasteiger charge is -2.17. The SMILES string of the molecule is COc1ccc(C(=O)N(C)CC(=O)Nc2ccc(OC(F)(F)F)cc2)cn1. The first-order chi connectivity index (χ1) is 12.7. The van der Waals surface area contributed by atoms with Crippen molar-refractivity contribution in [2.45, 2.75) is 6.36 Å². The molecule has 0 unspecified atom stereocenters. The highest BCUT2D eigenvalue weighted by Gasteiger charge is 2.31. The van der Waals surface area contributed by atoms with E-state index in [1.54, 1.807) is 0 Å². The maximum Gasteiger partial charge on any atom is 0.573 e. The van der Waals surface area contributed by atoms with Crippen molar-refractivity contribution in [3.8, 4) is 11.6 Å². The number of carbonyl (C=O) groups excluding carboxylic acids is 2. The smallest absolute Gasteiger partial charge is 0.481 e. The highest BCUT2D eigenvalue weighted by Crippen LogP contribution is 2.23. The fraction of sp³-hybridized carbons (Fsp3) is 0.235. The summed E-state index contributed by atoms with van der Waals surface area (Å²) in [6.07, 6.45) is -3.46. The molecule has 144 valence electrons. The number of likely N-dealkylation sites (N-methyl/N-ethyl adjacent to an activating group) is 1. The first kappa shape index (κ1) is 20.0. The number of halogens is 3. The molecule has 0 radical (unpaired) electrons. The maximum atomic E-state index is 12.3. The van der Waals surface area contributed by atoms with Crippen molar-refractivity contribution < 1.29 is 32.2 Å². The largest absolute Gasteiger partial charge is 0.573 e. The molecular weight excluding hydrogens is 367 g/mol. The molecule has 0 atom stereocenters. The summed E-state index contributed by atoms with van der Waals surface area (Å²) in [5.41, 5.74) is 0.543. The van der Waals surface area contributed by atoms with Gasteiger partial charge in [0.25, 0.3) is 5.91 Å². The zero-order chi connectivity index (χ0) is 20.0. The van der Waals surface area contributed by atoms with E-state index in [1.807, 2.05) is 0 Å². The summed E-state index contributed by atoms with van der Waals surface area (Å²) in [6, 6.07) is 7.69. The Morgan fingerprint density at radius 3 is 2.33 bits per heavy atom. The Kier molecular flexibility index (Phi) is 6.22. The molecule has 2 amide bonds. The first-order valence-electron chi connectivity index (χ1n) is 7.59. The van der Waals surface area contributed by atoms with Gasteiger partial charge in [0.2, 0.25) is 11.8 Å². The van der Waals surface area contributed by atoms with E-state index >= 15 is 0 Å². The molecular formula is C17H16F3N3O4. The van der Waals surface area contributed by atoms with E-state index in [2.05, 4.69) is 15.0 Å². The van der Waals surface area contributed by atoms with Gasteiger partial charge in [-0.2, -0.15) is 0 Å². The number of aromatic nitrogens is 1. The summed E-state index contributed by atoms with van der Waals surface area (Å²) in [4.78, 5) is 29.4. The molecule has 0 bridgehead atoms. The van der Waals surface area contributed by atoms with E-state index in [1.165, 1.54) is 49.5 Å². The number of rotatable bonds is 6. The van der Waals surface area contributed by atoms with Crippen LogP contribution in [0.5, 0.6) is 11.6 Å². The number of methoxy groups -OCH3 is 1. The van der Waals surface area contributed by atoms with Crippen molar-refractivity contribution in [1.29, 1.82) is 0 Å². The molecule has 27 heavy (non-hydrogen) atoms. The summed E-state index contributed by atoms with van der Waals surface area (Å²) in [7, 11) is 2.88. The van der Waals surface area contributed by atoms with Gasteiger partial charge in [0.05, 0.1) is 19.2 Å². The van der Waals surface area contributed by atoms with Crippen LogP contribution >= 0.6 is 0 Å². The Labute approximate surface area is 152 Å². The first-order valence-corrected chi connectivity index (χ1v) is 7.59. The van der Waals surface area contributed by atoms with Crippen molar-refractivity contribution in [2.24, 2.45) is 0 Å². The lowest BCUT2D eigenvalue weighted by Crippen LogP contribution is -2.35. The molecule has 0 fully saturated rings. The maximum absolute atomic E-state index is 12.3. The van der Waals surface area contributed by atoms with Crippen molar-refractivity contribution in [3.05, 3.63) is 48.2 Å². The van der Waals surface area contributed by atoms with Crippen LogP contribution in [-0.2, 0) is 4.79 Å². The van der Waals surface area contributed by atoms with Crippen LogP contribution < -0.4 is 14.8 Å². The molecule has 1 aromatic carbocycles. The number of anilines is 1. The molecule has 0 saturated carbocycles. The number of amides is 2. The molecule has 0 aliphatic heterocycles. The lowest BCUT2D eigenvalue weighted by atomic mass is 10.2. The number of ether oxygens (including phenoxy) is 2. The van der Waals surface area contributed by atoms with Crippen LogP contribution in [0.1, 0.15) is 10.4 Å². The van der Waals surface area contributed by atoms with E-state index in [-0.39, 0.29) is 17.8 Å². The summed E-state index contributed by atoms with van der Waals surface area (Å²) < 4.78 is 45.0. The van der Waals surface area contributed by atoms with E-state index < -0.39 is 23.9 Å². The molecule has 0 aliphatic rings. The van der Waals surface area contributed by atoms with E-state index in [4.69, 9.17) is 4.74 Å². The Morgan fingerprint density at radius 1 is 1.15 bits per heavy atom. The zero-order valence-corrected chi connectivity index (χ0v) is 14.4. The average Bonchev–Trinajstić information content (AvgIpc) is 2.61. The second-order valence-electron chi connectivity index (χ2n) is 5.37.